The molecule has 201 valence electrons. The molecule has 0 bridgehead atoms. The monoisotopic (exact) mass is 663 g/mol. The number of fused-ring (bicyclic) bond motifs is 1. The van der Waals surface area contributed by atoms with E-state index in [1.54, 1.807) is 10.4 Å². The average Bonchev–Trinajstić information content (AvgIpc) is 3.61. The molecule has 41 heavy (non-hydrogen) atoms. The molecule has 0 fully saturated rings. The molecule has 8 rings (SSSR count). The van der Waals surface area contributed by atoms with Gasteiger partial charge in [-0.05, 0) is 79.2 Å². The summed E-state index contributed by atoms with van der Waals surface area (Å²) in [5.41, 5.74) is 8.77. The van der Waals surface area contributed by atoms with E-state index in [-0.39, 0.29) is 51.0 Å². The van der Waals surface area contributed by atoms with Crippen LogP contribution in [0.25, 0.3) is 53.9 Å². The van der Waals surface area contributed by atoms with E-state index >= 15 is 0 Å². The van der Waals surface area contributed by atoms with Gasteiger partial charge in [0.1, 0.15) is 8.07 Å². The standard InChI is InChI=1S/C28H24Si.C9H7.2ClH.Zr/c1-17-21-13-5-9-19-11-7-15-23(25(19)21)27(17)29(3,4)28-18(2)22-14-6-10-20-12-8-16-24(28)26(20)22;1-2-5-9-7-3-6-8(9)4-1;;;/h5-16H,1-4H3;1-7H;2*1H;/q;-1;;;+3/p-2. The van der Waals surface area contributed by atoms with Crippen LogP contribution in [0.1, 0.15) is 36.1 Å². The van der Waals surface area contributed by atoms with Crippen molar-refractivity contribution in [1.29, 1.82) is 0 Å². The maximum atomic E-state index is 2.56. The summed E-state index contributed by atoms with van der Waals surface area (Å²) in [5.74, 6) is 0. The summed E-state index contributed by atoms with van der Waals surface area (Å²) in [5, 5.41) is 11.5. The van der Waals surface area contributed by atoms with Crippen LogP contribution in [0.2, 0.25) is 13.1 Å². The van der Waals surface area contributed by atoms with Crippen molar-refractivity contribution in [3.8, 4) is 0 Å². The third-order valence-electron chi connectivity index (χ3n) is 8.70. The normalized spacial score (nSPS) is 13.1. The van der Waals surface area contributed by atoms with Crippen LogP contribution in [0.3, 0.4) is 0 Å². The third kappa shape index (κ3) is 4.84. The Balaban J connectivity index is 0.000000277. The molecule has 1 radical (unpaired) electrons. The van der Waals surface area contributed by atoms with E-state index in [1.165, 1.54) is 65.7 Å². The summed E-state index contributed by atoms with van der Waals surface area (Å²) in [6.07, 6.45) is 0. The van der Waals surface area contributed by atoms with Crippen molar-refractivity contribution in [3.63, 3.8) is 0 Å². The van der Waals surface area contributed by atoms with Gasteiger partial charge in [-0.15, -0.1) is 29.7 Å². The Hall–Kier alpha value is -2.61. The van der Waals surface area contributed by atoms with Gasteiger partial charge in [0.15, 0.2) is 0 Å². The first-order valence-corrected chi connectivity index (χ1v) is 16.5. The second-order valence-electron chi connectivity index (χ2n) is 11.2. The number of hydrogen-bond donors (Lipinski definition) is 0. The average molecular weight is 666 g/mol. The molecule has 6 aromatic carbocycles. The largest absolute Gasteiger partial charge is 3.00 e. The topological polar surface area (TPSA) is 0 Å². The Morgan fingerprint density at radius 3 is 1.37 bits per heavy atom. The molecule has 2 aliphatic carbocycles. The Labute approximate surface area is 275 Å². The molecule has 0 nitrogen and oxygen atoms in total. The summed E-state index contributed by atoms with van der Waals surface area (Å²) in [7, 11) is -1.95. The number of rotatable bonds is 2. The maximum absolute atomic E-state index is 2.56. The molecule has 4 heteroatoms. The molecule has 2 aliphatic rings. The van der Waals surface area contributed by atoms with E-state index in [4.69, 9.17) is 0 Å². The van der Waals surface area contributed by atoms with Crippen LogP contribution in [0, 0.1) is 0 Å². The van der Waals surface area contributed by atoms with E-state index in [9.17, 15) is 0 Å². The molecule has 0 amide bonds. The minimum absolute atomic E-state index is 0. The van der Waals surface area contributed by atoms with Crippen molar-refractivity contribution in [3.05, 3.63) is 138 Å². The smallest absolute Gasteiger partial charge is 1.00 e. The van der Waals surface area contributed by atoms with Gasteiger partial charge in [-0.25, -0.2) is 0 Å². The van der Waals surface area contributed by atoms with Crippen LogP contribution >= 0.6 is 0 Å². The van der Waals surface area contributed by atoms with Gasteiger partial charge in [0.05, 0.1) is 0 Å². The molecule has 0 aliphatic heterocycles. The molecule has 6 aromatic rings. The number of hydrogen-bond acceptors (Lipinski definition) is 0. The first kappa shape index (κ1) is 31.3. The third-order valence-corrected chi connectivity index (χ3v) is 12.5. The fraction of sp³-hybridized carbons (Fsp3) is 0.108. The minimum Gasteiger partial charge on any atom is -1.00 e. The first-order chi connectivity index (χ1) is 18.5. The van der Waals surface area contributed by atoms with E-state index in [1.807, 2.05) is 0 Å². The van der Waals surface area contributed by atoms with Crippen LogP contribution in [0.15, 0.2) is 115 Å². The van der Waals surface area contributed by atoms with Crippen molar-refractivity contribution in [2.24, 2.45) is 0 Å². The van der Waals surface area contributed by atoms with Crippen molar-refractivity contribution in [2.45, 2.75) is 26.9 Å². The maximum Gasteiger partial charge on any atom is 3.00 e. The van der Waals surface area contributed by atoms with E-state index in [2.05, 4.69) is 142 Å². The van der Waals surface area contributed by atoms with Gasteiger partial charge in [-0.3, -0.25) is 0 Å². The molecular formula is C37H31Cl2SiZr. The van der Waals surface area contributed by atoms with Crippen LogP contribution in [-0.2, 0) is 26.2 Å². The number of benzene rings is 5. The van der Waals surface area contributed by atoms with Crippen LogP contribution in [-0.4, -0.2) is 8.07 Å². The summed E-state index contributed by atoms with van der Waals surface area (Å²) < 4.78 is 0. The van der Waals surface area contributed by atoms with Crippen LogP contribution < -0.4 is 24.8 Å². The van der Waals surface area contributed by atoms with Gasteiger partial charge in [-0.2, -0.15) is 17.5 Å². The first-order valence-electron chi connectivity index (χ1n) is 13.5. The molecule has 0 spiro atoms. The fourth-order valence-electron chi connectivity index (χ4n) is 7.20. The van der Waals surface area contributed by atoms with Gasteiger partial charge in [0, 0.05) is 0 Å². The molecule has 0 unspecified atom stereocenters. The molecule has 0 N–H and O–H groups in total. The van der Waals surface area contributed by atoms with Crippen LogP contribution in [0.5, 0.6) is 0 Å². The van der Waals surface area contributed by atoms with Crippen molar-refractivity contribution < 1.29 is 51.0 Å². The van der Waals surface area contributed by atoms with Gasteiger partial charge in [-0.1, -0.05) is 92.0 Å². The van der Waals surface area contributed by atoms with Gasteiger partial charge < -0.3 is 24.8 Å². The van der Waals surface area contributed by atoms with Crippen LogP contribution in [0.4, 0.5) is 0 Å². The zero-order valence-electron chi connectivity index (χ0n) is 23.7. The minimum atomic E-state index is -1.95. The molecule has 0 saturated carbocycles. The Morgan fingerprint density at radius 2 is 0.902 bits per heavy atom. The Kier molecular flexibility index (Phi) is 9.13. The van der Waals surface area contributed by atoms with Crippen molar-refractivity contribution in [2.75, 3.05) is 0 Å². The summed E-state index contributed by atoms with van der Waals surface area (Å²) in [4.78, 5) is 0. The Bertz CT molecular complexity index is 1830. The summed E-state index contributed by atoms with van der Waals surface area (Å²) in [6, 6.07) is 41.9. The summed E-state index contributed by atoms with van der Waals surface area (Å²) in [6.45, 7) is 9.80. The molecule has 0 saturated heterocycles. The zero-order chi connectivity index (χ0) is 26.0. The second kappa shape index (κ2) is 11.9. The summed E-state index contributed by atoms with van der Waals surface area (Å²) >= 11 is 0. The van der Waals surface area contributed by atoms with Gasteiger partial charge in [0.25, 0.3) is 0 Å². The molecule has 0 atom stereocenters. The van der Waals surface area contributed by atoms with E-state index in [0.717, 1.165) is 0 Å². The Morgan fingerprint density at radius 1 is 0.488 bits per heavy atom. The van der Waals surface area contributed by atoms with Crippen molar-refractivity contribution in [1.82, 2.24) is 0 Å². The van der Waals surface area contributed by atoms with E-state index < -0.39 is 8.07 Å². The van der Waals surface area contributed by atoms with Gasteiger partial charge >= 0.3 is 26.2 Å². The SMILES string of the molecule is CC1=C([Si](C)(C)C2=C(C)c3cccc4cccc2c34)c2cccc3cccc1c23.[Cl-].[Cl-].[Zr+3].c1ccc2[cH-]ccc2c1. The number of allylic oxidation sites excluding steroid dienone is 2. The van der Waals surface area contributed by atoms with Crippen molar-refractivity contribution >= 4 is 61.9 Å². The fourth-order valence-corrected chi connectivity index (χ4v) is 11.4. The molecule has 0 heterocycles. The number of halogens is 2. The zero-order valence-corrected chi connectivity index (χ0v) is 28.7. The molecular weight excluding hydrogens is 635 g/mol. The van der Waals surface area contributed by atoms with E-state index in [0.29, 0.717) is 0 Å². The predicted molar refractivity (Wildman–Crippen MR) is 170 cm³/mol. The second-order valence-corrected chi connectivity index (χ2v) is 15.4. The van der Waals surface area contributed by atoms with Gasteiger partial charge in [0.2, 0.25) is 0 Å². The quantitative estimate of drug-likeness (QED) is 0.189. The molecule has 0 aromatic heterocycles. The predicted octanol–water partition coefficient (Wildman–Crippen LogP) is 4.53.